The van der Waals surface area contributed by atoms with Gasteiger partial charge in [0.05, 0.1) is 12.9 Å². The van der Waals surface area contributed by atoms with E-state index in [1.807, 2.05) is 17.7 Å². The summed E-state index contributed by atoms with van der Waals surface area (Å²) in [6.45, 7) is 4.28. The lowest BCUT2D eigenvalue weighted by atomic mass is 10.6. The summed E-state index contributed by atoms with van der Waals surface area (Å²) in [6.07, 6.45) is 5.41. The van der Waals surface area contributed by atoms with Crippen LogP contribution in [0, 0.1) is 0 Å². The molecule has 0 saturated carbocycles. The molecule has 0 spiro atoms. The van der Waals surface area contributed by atoms with Gasteiger partial charge in [-0.15, -0.1) is 0 Å². The fourth-order valence-electron chi connectivity index (χ4n) is 0.942. The Morgan fingerprint density at radius 2 is 2.54 bits per heavy atom. The van der Waals surface area contributed by atoms with Gasteiger partial charge in [0.15, 0.2) is 5.96 Å². The van der Waals surface area contributed by atoms with E-state index in [1.54, 1.807) is 12.5 Å². The average molecular weight is 181 g/mol. The van der Waals surface area contributed by atoms with Crippen LogP contribution in [0.4, 0.5) is 0 Å². The standard InChI is InChI=1S/C8H15N5/c1-2-11-8(9)12-4-6-13-5-3-10-7-13/h3,5,7H,2,4,6H2,1H3,(H3,9,11,12). The van der Waals surface area contributed by atoms with Crippen LogP contribution in [0.1, 0.15) is 6.92 Å². The SMILES string of the molecule is CCNC(N)=NCCn1ccnc1. The molecule has 1 aromatic heterocycles. The van der Waals surface area contributed by atoms with Crippen LogP contribution in [0.2, 0.25) is 0 Å². The fraction of sp³-hybridized carbons (Fsp3) is 0.500. The second-order valence-electron chi connectivity index (χ2n) is 2.60. The zero-order valence-electron chi connectivity index (χ0n) is 7.77. The van der Waals surface area contributed by atoms with Crippen molar-refractivity contribution >= 4 is 5.96 Å². The molecule has 0 bridgehead atoms. The normalized spacial score (nSPS) is 11.6. The molecule has 0 aliphatic carbocycles. The zero-order valence-corrected chi connectivity index (χ0v) is 7.77. The molecular weight excluding hydrogens is 166 g/mol. The van der Waals surface area contributed by atoms with Crippen molar-refractivity contribution in [2.45, 2.75) is 13.5 Å². The van der Waals surface area contributed by atoms with Crippen molar-refractivity contribution in [3.63, 3.8) is 0 Å². The molecule has 0 amide bonds. The molecule has 1 aromatic rings. The number of aromatic nitrogens is 2. The van der Waals surface area contributed by atoms with Gasteiger partial charge in [0.1, 0.15) is 0 Å². The number of nitrogens with two attached hydrogens (primary N) is 1. The number of hydrogen-bond donors (Lipinski definition) is 2. The van der Waals surface area contributed by atoms with Crippen LogP contribution in [0.3, 0.4) is 0 Å². The van der Waals surface area contributed by atoms with Crippen LogP contribution in [0.5, 0.6) is 0 Å². The van der Waals surface area contributed by atoms with Crippen LogP contribution < -0.4 is 11.1 Å². The maximum absolute atomic E-state index is 5.54. The molecular formula is C8H15N5. The molecule has 0 atom stereocenters. The van der Waals surface area contributed by atoms with E-state index in [4.69, 9.17) is 5.73 Å². The molecule has 1 heterocycles. The Hall–Kier alpha value is -1.52. The smallest absolute Gasteiger partial charge is 0.188 e. The van der Waals surface area contributed by atoms with E-state index in [1.165, 1.54) is 0 Å². The summed E-state index contributed by atoms with van der Waals surface area (Å²) in [5.41, 5.74) is 5.54. The zero-order chi connectivity index (χ0) is 9.52. The molecule has 0 radical (unpaired) electrons. The van der Waals surface area contributed by atoms with Gasteiger partial charge in [-0.05, 0) is 6.92 Å². The van der Waals surface area contributed by atoms with Gasteiger partial charge in [-0.25, -0.2) is 4.98 Å². The van der Waals surface area contributed by atoms with E-state index in [-0.39, 0.29) is 0 Å². The van der Waals surface area contributed by atoms with Gasteiger partial charge >= 0.3 is 0 Å². The lowest BCUT2D eigenvalue weighted by molar-refractivity contribution is 0.705. The molecule has 3 N–H and O–H groups in total. The molecule has 0 saturated heterocycles. The van der Waals surface area contributed by atoms with Gasteiger partial charge in [0, 0.05) is 25.5 Å². The van der Waals surface area contributed by atoms with E-state index in [0.717, 1.165) is 13.1 Å². The third kappa shape index (κ3) is 3.59. The number of nitrogens with one attached hydrogen (secondary N) is 1. The largest absolute Gasteiger partial charge is 0.370 e. The summed E-state index contributed by atoms with van der Waals surface area (Å²) in [7, 11) is 0. The molecule has 0 aromatic carbocycles. The third-order valence-corrected chi connectivity index (χ3v) is 1.56. The number of aliphatic imine (C=N–C) groups is 1. The number of nitrogens with zero attached hydrogens (tertiary/aromatic N) is 3. The Balaban J connectivity index is 2.24. The Morgan fingerprint density at radius 3 is 3.15 bits per heavy atom. The van der Waals surface area contributed by atoms with Crippen molar-refractivity contribution in [1.29, 1.82) is 0 Å². The maximum atomic E-state index is 5.54. The molecule has 72 valence electrons. The van der Waals surface area contributed by atoms with E-state index in [2.05, 4.69) is 15.3 Å². The highest BCUT2D eigenvalue weighted by atomic mass is 15.1. The van der Waals surface area contributed by atoms with Gasteiger partial charge < -0.3 is 15.6 Å². The van der Waals surface area contributed by atoms with Crippen LogP contribution in [0.25, 0.3) is 0 Å². The summed E-state index contributed by atoms with van der Waals surface area (Å²) >= 11 is 0. The molecule has 5 nitrogen and oxygen atoms in total. The van der Waals surface area contributed by atoms with Crippen molar-refractivity contribution in [2.24, 2.45) is 10.7 Å². The first-order valence-corrected chi connectivity index (χ1v) is 4.32. The first kappa shape index (κ1) is 9.57. The highest BCUT2D eigenvalue weighted by Crippen LogP contribution is 1.85. The van der Waals surface area contributed by atoms with Gasteiger partial charge in [0.2, 0.25) is 0 Å². The minimum Gasteiger partial charge on any atom is -0.370 e. The molecule has 0 aliphatic rings. The monoisotopic (exact) mass is 181 g/mol. The van der Waals surface area contributed by atoms with Gasteiger partial charge in [-0.3, -0.25) is 4.99 Å². The predicted octanol–water partition coefficient (Wildman–Crippen LogP) is -0.193. The lowest BCUT2D eigenvalue weighted by Gasteiger charge is -2.01. The number of hydrogen-bond acceptors (Lipinski definition) is 2. The van der Waals surface area contributed by atoms with Crippen molar-refractivity contribution < 1.29 is 0 Å². The van der Waals surface area contributed by atoms with Gasteiger partial charge in [-0.1, -0.05) is 0 Å². The van der Waals surface area contributed by atoms with E-state index in [0.29, 0.717) is 12.5 Å². The second kappa shape index (κ2) is 5.18. The highest BCUT2D eigenvalue weighted by molar-refractivity contribution is 5.77. The van der Waals surface area contributed by atoms with Crippen LogP contribution in [-0.2, 0) is 6.54 Å². The third-order valence-electron chi connectivity index (χ3n) is 1.56. The molecule has 1 rings (SSSR count). The quantitative estimate of drug-likeness (QED) is 0.499. The molecule has 0 aliphatic heterocycles. The van der Waals surface area contributed by atoms with Gasteiger partial charge in [-0.2, -0.15) is 0 Å². The van der Waals surface area contributed by atoms with E-state index in [9.17, 15) is 0 Å². The molecule has 0 fully saturated rings. The van der Waals surface area contributed by atoms with Crippen molar-refractivity contribution in [3.8, 4) is 0 Å². The summed E-state index contributed by atoms with van der Waals surface area (Å²) in [5.74, 6) is 0.502. The van der Waals surface area contributed by atoms with Crippen molar-refractivity contribution in [1.82, 2.24) is 14.9 Å². The Morgan fingerprint density at radius 1 is 1.69 bits per heavy atom. The Kier molecular flexibility index (Phi) is 3.81. The van der Waals surface area contributed by atoms with E-state index < -0.39 is 0 Å². The summed E-state index contributed by atoms with van der Waals surface area (Å²) in [4.78, 5) is 8.05. The van der Waals surface area contributed by atoms with Crippen LogP contribution >= 0.6 is 0 Å². The number of rotatable bonds is 4. The average Bonchev–Trinajstić information content (AvgIpc) is 2.57. The topological polar surface area (TPSA) is 68.2 Å². The fourth-order valence-corrected chi connectivity index (χ4v) is 0.942. The molecule has 13 heavy (non-hydrogen) atoms. The van der Waals surface area contributed by atoms with E-state index >= 15 is 0 Å². The first-order chi connectivity index (χ1) is 6.33. The first-order valence-electron chi connectivity index (χ1n) is 4.32. The summed E-state index contributed by atoms with van der Waals surface area (Å²) in [5, 5.41) is 2.93. The highest BCUT2D eigenvalue weighted by Gasteiger charge is 1.89. The molecule has 5 heteroatoms. The number of guanidine groups is 1. The summed E-state index contributed by atoms with van der Waals surface area (Å²) < 4.78 is 1.96. The number of imidazole rings is 1. The second-order valence-corrected chi connectivity index (χ2v) is 2.60. The van der Waals surface area contributed by atoms with Gasteiger partial charge in [0.25, 0.3) is 0 Å². The Labute approximate surface area is 77.7 Å². The maximum Gasteiger partial charge on any atom is 0.188 e. The van der Waals surface area contributed by atoms with Crippen molar-refractivity contribution in [2.75, 3.05) is 13.1 Å². The minimum absolute atomic E-state index is 0.502. The molecule has 0 unspecified atom stereocenters. The minimum atomic E-state index is 0.502. The summed E-state index contributed by atoms with van der Waals surface area (Å²) in [6, 6.07) is 0. The van der Waals surface area contributed by atoms with Crippen LogP contribution in [0.15, 0.2) is 23.7 Å². The Bertz CT molecular complexity index is 252. The van der Waals surface area contributed by atoms with Crippen molar-refractivity contribution in [3.05, 3.63) is 18.7 Å². The van der Waals surface area contributed by atoms with Crippen LogP contribution in [-0.4, -0.2) is 28.6 Å². The predicted molar refractivity (Wildman–Crippen MR) is 52.4 cm³/mol. The lowest BCUT2D eigenvalue weighted by Crippen LogP contribution is -2.31.